The lowest BCUT2D eigenvalue weighted by molar-refractivity contribution is -0.137. The van der Waals surface area contributed by atoms with E-state index in [0.29, 0.717) is 13.1 Å². The van der Waals surface area contributed by atoms with Crippen molar-refractivity contribution < 1.29 is 18.0 Å². The third-order valence-electron chi connectivity index (χ3n) is 2.75. The molecule has 0 saturated carbocycles. The Morgan fingerprint density at radius 1 is 1.35 bits per heavy atom. The van der Waals surface area contributed by atoms with Crippen LogP contribution in [0, 0.1) is 11.3 Å². The Morgan fingerprint density at radius 3 is 2.40 bits per heavy atom. The number of anilines is 1. The molecule has 0 radical (unpaired) electrons. The second-order valence-corrected chi connectivity index (χ2v) is 3.97. The van der Waals surface area contributed by atoms with Crippen LogP contribution in [0.1, 0.15) is 25.0 Å². The molecule has 0 unspecified atom stereocenters. The largest absolute Gasteiger partial charge is 0.417 e. The lowest BCUT2D eigenvalue weighted by Crippen LogP contribution is -2.34. The van der Waals surface area contributed by atoms with Crippen molar-refractivity contribution in [3.05, 3.63) is 29.3 Å². The molecule has 0 bridgehead atoms. The molecule has 2 amide bonds. The molecule has 0 aromatic heterocycles. The first-order valence-electron chi connectivity index (χ1n) is 6.00. The summed E-state index contributed by atoms with van der Waals surface area (Å²) >= 11 is 0. The van der Waals surface area contributed by atoms with Crippen molar-refractivity contribution in [1.29, 1.82) is 5.26 Å². The monoisotopic (exact) mass is 285 g/mol. The molecule has 0 aliphatic carbocycles. The Kier molecular flexibility index (Phi) is 4.97. The molecule has 1 N–H and O–H groups in total. The Labute approximate surface area is 114 Å². The molecule has 0 fully saturated rings. The number of halogens is 3. The van der Waals surface area contributed by atoms with Gasteiger partial charge in [0.2, 0.25) is 0 Å². The minimum absolute atomic E-state index is 0.00762. The van der Waals surface area contributed by atoms with Crippen LogP contribution in [-0.2, 0) is 6.18 Å². The van der Waals surface area contributed by atoms with Crippen LogP contribution in [0.4, 0.5) is 23.7 Å². The highest BCUT2D eigenvalue weighted by Crippen LogP contribution is 2.33. The van der Waals surface area contributed by atoms with E-state index in [1.54, 1.807) is 13.8 Å². The van der Waals surface area contributed by atoms with Crippen LogP contribution in [0.15, 0.2) is 18.2 Å². The highest BCUT2D eigenvalue weighted by molar-refractivity contribution is 5.89. The predicted molar refractivity (Wildman–Crippen MR) is 68.1 cm³/mol. The zero-order valence-corrected chi connectivity index (χ0v) is 11.1. The van der Waals surface area contributed by atoms with E-state index in [1.807, 2.05) is 0 Å². The number of benzene rings is 1. The van der Waals surface area contributed by atoms with Crippen molar-refractivity contribution in [2.45, 2.75) is 20.0 Å². The SMILES string of the molecule is CCN(CC)C(=O)Nc1ccc(C#N)c(C(F)(F)F)c1. The average molecular weight is 285 g/mol. The van der Waals surface area contributed by atoms with E-state index in [2.05, 4.69) is 5.32 Å². The van der Waals surface area contributed by atoms with Crippen LogP contribution < -0.4 is 5.32 Å². The smallest absolute Gasteiger partial charge is 0.325 e. The number of nitrogens with one attached hydrogen (secondary N) is 1. The van der Waals surface area contributed by atoms with Gasteiger partial charge in [-0.15, -0.1) is 0 Å². The molecule has 108 valence electrons. The summed E-state index contributed by atoms with van der Waals surface area (Å²) in [5.74, 6) is 0. The van der Waals surface area contributed by atoms with Crippen molar-refractivity contribution >= 4 is 11.7 Å². The Morgan fingerprint density at radius 2 is 1.95 bits per heavy atom. The van der Waals surface area contributed by atoms with E-state index in [4.69, 9.17) is 5.26 Å². The van der Waals surface area contributed by atoms with Gasteiger partial charge >= 0.3 is 12.2 Å². The third kappa shape index (κ3) is 3.63. The number of hydrogen-bond acceptors (Lipinski definition) is 2. The van der Waals surface area contributed by atoms with Gasteiger partial charge in [-0.05, 0) is 32.0 Å². The summed E-state index contributed by atoms with van der Waals surface area (Å²) in [4.78, 5) is 13.2. The molecule has 0 aliphatic rings. The van der Waals surface area contributed by atoms with Crippen LogP contribution in [0.5, 0.6) is 0 Å². The number of carbonyl (C=O) groups is 1. The fourth-order valence-corrected chi connectivity index (χ4v) is 1.67. The van der Waals surface area contributed by atoms with E-state index in [1.165, 1.54) is 17.0 Å². The minimum atomic E-state index is -4.64. The lowest BCUT2D eigenvalue weighted by atomic mass is 10.1. The van der Waals surface area contributed by atoms with Crippen molar-refractivity contribution in [1.82, 2.24) is 4.90 Å². The second kappa shape index (κ2) is 6.28. The maximum atomic E-state index is 12.8. The van der Waals surface area contributed by atoms with Crippen LogP contribution >= 0.6 is 0 Å². The summed E-state index contributed by atoms with van der Waals surface area (Å²) < 4.78 is 38.3. The van der Waals surface area contributed by atoms with Gasteiger partial charge in [-0.3, -0.25) is 0 Å². The van der Waals surface area contributed by atoms with Crippen LogP contribution in [0.25, 0.3) is 0 Å². The molecule has 0 atom stereocenters. The maximum absolute atomic E-state index is 12.8. The number of nitriles is 1. The van der Waals surface area contributed by atoms with Gasteiger partial charge < -0.3 is 10.2 Å². The molecule has 4 nitrogen and oxygen atoms in total. The van der Waals surface area contributed by atoms with Gasteiger partial charge in [-0.25, -0.2) is 4.79 Å². The molecule has 7 heteroatoms. The Bertz CT molecular complexity index is 531. The van der Waals surface area contributed by atoms with Crippen molar-refractivity contribution in [3.8, 4) is 6.07 Å². The molecule has 0 saturated heterocycles. The van der Waals surface area contributed by atoms with Crippen molar-refractivity contribution in [3.63, 3.8) is 0 Å². The molecule has 1 aromatic carbocycles. The Hall–Kier alpha value is -2.23. The van der Waals surface area contributed by atoms with E-state index < -0.39 is 23.3 Å². The Balaban J connectivity index is 3.05. The molecule has 20 heavy (non-hydrogen) atoms. The maximum Gasteiger partial charge on any atom is 0.417 e. The quantitative estimate of drug-likeness (QED) is 0.924. The van der Waals surface area contributed by atoms with Crippen molar-refractivity contribution in [2.24, 2.45) is 0 Å². The normalized spacial score (nSPS) is 10.8. The molecule has 0 spiro atoms. The molecule has 1 rings (SSSR count). The summed E-state index contributed by atoms with van der Waals surface area (Å²) in [6.07, 6.45) is -4.64. The first-order valence-corrected chi connectivity index (χ1v) is 6.00. The number of hydrogen-bond donors (Lipinski definition) is 1. The van der Waals surface area contributed by atoms with E-state index in [9.17, 15) is 18.0 Å². The summed E-state index contributed by atoms with van der Waals surface area (Å²) in [5.41, 5.74) is -1.52. The standard InChI is InChI=1S/C13H14F3N3O/c1-3-19(4-2)12(20)18-10-6-5-9(8-17)11(7-10)13(14,15)16/h5-7H,3-4H2,1-2H3,(H,18,20). The molecule has 1 aromatic rings. The number of urea groups is 1. The fourth-order valence-electron chi connectivity index (χ4n) is 1.67. The number of carbonyl (C=O) groups excluding carboxylic acids is 1. The van der Waals surface area contributed by atoms with Gasteiger partial charge in [-0.1, -0.05) is 0 Å². The van der Waals surface area contributed by atoms with Gasteiger partial charge in [0.05, 0.1) is 17.2 Å². The highest BCUT2D eigenvalue weighted by atomic mass is 19.4. The lowest BCUT2D eigenvalue weighted by Gasteiger charge is -2.19. The number of amides is 2. The van der Waals surface area contributed by atoms with E-state index in [-0.39, 0.29) is 5.69 Å². The first kappa shape index (κ1) is 15.8. The second-order valence-electron chi connectivity index (χ2n) is 3.97. The predicted octanol–water partition coefficient (Wildman–Crippen LogP) is 3.45. The summed E-state index contributed by atoms with van der Waals surface area (Å²) in [6.45, 7) is 4.43. The van der Waals surface area contributed by atoms with E-state index in [0.717, 1.165) is 12.1 Å². The molecular formula is C13H14F3N3O. The first-order chi connectivity index (χ1) is 9.33. The fraction of sp³-hybridized carbons (Fsp3) is 0.385. The molecule has 0 aliphatic heterocycles. The summed E-state index contributed by atoms with van der Waals surface area (Å²) in [7, 11) is 0. The van der Waals surface area contributed by atoms with Crippen LogP contribution in [0.3, 0.4) is 0 Å². The average Bonchev–Trinajstić information content (AvgIpc) is 2.39. The minimum Gasteiger partial charge on any atom is -0.325 e. The topological polar surface area (TPSA) is 56.1 Å². The van der Waals surface area contributed by atoms with Crippen molar-refractivity contribution in [2.75, 3.05) is 18.4 Å². The van der Waals surface area contributed by atoms with Gasteiger partial charge in [0, 0.05) is 18.8 Å². The van der Waals surface area contributed by atoms with Gasteiger partial charge in [-0.2, -0.15) is 18.4 Å². The van der Waals surface area contributed by atoms with Gasteiger partial charge in [0.25, 0.3) is 0 Å². The zero-order chi connectivity index (χ0) is 15.3. The number of alkyl halides is 3. The van der Waals surface area contributed by atoms with Gasteiger partial charge in [0.15, 0.2) is 0 Å². The summed E-state index contributed by atoms with van der Waals surface area (Å²) in [5, 5.41) is 11.1. The molecule has 0 heterocycles. The highest BCUT2D eigenvalue weighted by Gasteiger charge is 2.34. The number of rotatable bonds is 3. The van der Waals surface area contributed by atoms with E-state index >= 15 is 0 Å². The van der Waals surface area contributed by atoms with Crippen LogP contribution in [0.2, 0.25) is 0 Å². The van der Waals surface area contributed by atoms with Crippen LogP contribution in [-0.4, -0.2) is 24.0 Å². The van der Waals surface area contributed by atoms with Gasteiger partial charge in [0.1, 0.15) is 0 Å². The third-order valence-corrected chi connectivity index (χ3v) is 2.75. The number of nitrogens with zero attached hydrogens (tertiary/aromatic N) is 2. The zero-order valence-electron chi connectivity index (χ0n) is 11.1. The molecular weight excluding hydrogens is 271 g/mol. The summed E-state index contributed by atoms with van der Waals surface area (Å²) in [6, 6.07) is 4.08.